The maximum atomic E-state index is 5.44. The van der Waals surface area contributed by atoms with Crippen molar-refractivity contribution in [1.29, 1.82) is 0 Å². The molecule has 0 aliphatic carbocycles. The first kappa shape index (κ1) is 63.7. The van der Waals surface area contributed by atoms with Crippen molar-refractivity contribution in [3.05, 3.63) is 355 Å². The second-order valence-corrected chi connectivity index (χ2v) is 29.6. The normalized spacial score (nSPS) is 11.9. The third-order valence-electron chi connectivity index (χ3n) is 22.9. The van der Waals surface area contributed by atoms with E-state index in [0.717, 1.165) is 133 Å². The SMILES string of the molecule is Cc1cc(C)c(B(c2cc(-c3ccc(-n4c5ccccc5c5c6c7ccccc7n(-c7nc(-c8ccccc8)c8ccccc8n7)c6ccc54)cc3)cc(-c3ccc(-n4c5ccccc5c5c6c7ccccc7n(-c7nc(-c8ccccc8)c8ccccc8n7)c6ccc54)cc3)c2)c2c(C)cc(C)cc2C)c(C)c1. The molecule has 6 aromatic heterocycles. The van der Waals surface area contributed by atoms with Crippen LogP contribution in [0, 0.1) is 41.5 Å². The predicted molar refractivity (Wildman–Crippen MR) is 458 cm³/mol. The first-order valence-corrected chi connectivity index (χ1v) is 37.6. The van der Waals surface area contributed by atoms with Crippen LogP contribution in [0.5, 0.6) is 0 Å². The predicted octanol–water partition coefficient (Wildman–Crippen LogP) is 23.0. The number of rotatable bonds is 11. The van der Waals surface area contributed by atoms with E-state index in [-0.39, 0.29) is 6.71 Å². The van der Waals surface area contributed by atoms with Gasteiger partial charge < -0.3 is 9.13 Å². The summed E-state index contributed by atoms with van der Waals surface area (Å²) in [5.74, 6) is 1.28. The molecule has 0 aliphatic rings. The van der Waals surface area contributed by atoms with Gasteiger partial charge in [0.15, 0.2) is 0 Å². The second-order valence-electron chi connectivity index (χ2n) is 29.6. The van der Waals surface area contributed by atoms with E-state index in [1.165, 1.54) is 82.1 Å². The van der Waals surface area contributed by atoms with Gasteiger partial charge in [-0.3, -0.25) is 9.13 Å². The zero-order valence-corrected chi connectivity index (χ0v) is 61.3. The van der Waals surface area contributed by atoms with Gasteiger partial charge >= 0.3 is 0 Å². The third kappa shape index (κ3) is 10.1. The van der Waals surface area contributed by atoms with Crippen LogP contribution in [0.4, 0.5) is 0 Å². The van der Waals surface area contributed by atoms with Gasteiger partial charge in [-0.05, 0) is 155 Å². The topological polar surface area (TPSA) is 71.3 Å². The number of aryl methyl sites for hydroxylation is 6. The highest BCUT2D eigenvalue weighted by Crippen LogP contribution is 2.46. The Labute approximate surface area is 630 Å². The molecule has 0 radical (unpaired) electrons. The summed E-state index contributed by atoms with van der Waals surface area (Å²) in [5, 5.41) is 11.4. The van der Waals surface area contributed by atoms with Gasteiger partial charge in [0.2, 0.25) is 18.6 Å². The number of hydrogen-bond acceptors (Lipinski definition) is 4. The number of aromatic nitrogens is 8. The van der Waals surface area contributed by atoms with Crippen molar-refractivity contribution in [2.75, 3.05) is 0 Å². The maximum Gasteiger partial charge on any atom is 0.242 e. The van der Waals surface area contributed by atoms with E-state index < -0.39 is 0 Å². The second kappa shape index (κ2) is 24.9. The Morgan fingerprint density at radius 2 is 0.532 bits per heavy atom. The van der Waals surface area contributed by atoms with Crippen LogP contribution in [0.25, 0.3) is 177 Å². The largest absolute Gasteiger partial charge is 0.309 e. The molecular formula is C100H71BN8. The monoisotopic (exact) mass is 1390 g/mol. The fourth-order valence-electron chi connectivity index (χ4n) is 18.5. The van der Waals surface area contributed by atoms with Crippen molar-refractivity contribution in [1.82, 2.24) is 38.2 Å². The Bertz CT molecular complexity index is 6860. The van der Waals surface area contributed by atoms with Crippen LogP contribution in [-0.4, -0.2) is 44.9 Å². The molecule has 8 nitrogen and oxygen atoms in total. The highest BCUT2D eigenvalue weighted by molar-refractivity contribution is 6.96. The zero-order valence-electron chi connectivity index (χ0n) is 61.3. The van der Waals surface area contributed by atoms with Crippen LogP contribution >= 0.6 is 0 Å². The lowest BCUT2D eigenvalue weighted by Crippen LogP contribution is -2.56. The summed E-state index contributed by atoms with van der Waals surface area (Å²) in [6.07, 6.45) is 0. The molecular weight excluding hydrogens is 1320 g/mol. The number of benzene rings is 15. The van der Waals surface area contributed by atoms with Gasteiger partial charge in [-0.1, -0.05) is 280 Å². The maximum absolute atomic E-state index is 5.44. The van der Waals surface area contributed by atoms with E-state index in [0.29, 0.717) is 11.9 Å². The first-order chi connectivity index (χ1) is 53.5. The van der Waals surface area contributed by atoms with Crippen molar-refractivity contribution < 1.29 is 0 Å². The van der Waals surface area contributed by atoms with E-state index >= 15 is 0 Å². The molecule has 0 spiro atoms. The molecule has 6 heterocycles. The van der Waals surface area contributed by atoms with E-state index in [4.69, 9.17) is 19.9 Å². The number of nitrogens with zero attached hydrogens (tertiary/aromatic N) is 8. The van der Waals surface area contributed by atoms with E-state index in [9.17, 15) is 0 Å². The number of para-hydroxylation sites is 6. The molecule has 0 N–H and O–H groups in total. The van der Waals surface area contributed by atoms with Crippen LogP contribution in [0.1, 0.15) is 33.4 Å². The molecule has 0 aliphatic heterocycles. The molecule has 0 atom stereocenters. The summed E-state index contributed by atoms with van der Waals surface area (Å²) in [6.45, 7) is 13.6. The summed E-state index contributed by atoms with van der Waals surface area (Å²) in [7, 11) is 0. The molecule has 21 rings (SSSR count). The number of hydrogen-bond donors (Lipinski definition) is 0. The molecule has 9 heteroatoms. The van der Waals surface area contributed by atoms with Crippen LogP contribution in [0.15, 0.2) is 322 Å². The summed E-state index contributed by atoms with van der Waals surface area (Å²) in [4.78, 5) is 21.5. The summed E-state index contributed by atoms with van der Waals surface area (Å²) in [6, 6.07) is 118. The quantitative estimate of drug-likeness (QED) is 0.121. The first-order valence-electron chi connectivity index (χ1n) is 37.6. The molecule has 21 aromatic rings. The fourth-order valence-corrected chi connectivity index (χ4v) is 18.5. The van der Waals surface area contributed by atoms with Crippen molar-refractivity contribution in [2.24, 2.45) is 0 Å². The van der Waals surface area contributed by atoms with Crippen molar-refractivity contribution >= 4 is 132 Å². The Hall–Kier alpha value is -13.8. The van der Waals surface area contributed by atoms with Crippen LogP contribution < -0.4 is 16.4 Å². The van der Waals surface area contributed by atoms with Crippen molar-refractivity contribution in [3.63, 3.8) is 0 Å². The lowest BCUT2D eigenvalue weighted by Gasteiger charge is -2.26. The zero-order chi connectivity index (χ0) is 72.9. The fraction of sp³-hybridized carbons (Fsp3) is 0.0600. The van der Waals surface area contributed by atoms with Gasteiger partial charge in [-0.2, -0.15) is 0 Å². The van der Waals surface area contributed by atoms with Gasteiger partial charge in [-0.25, -0.2) is 19.9 Å². The Morgan fingerprint density at radius 3 is 0.890 bits per heavy atom. The summed E-state index contributed by atoms with van der Waals surface area (Å²) < 4.78 is 9.43. The van der Waals surface area contributed by atoms with Crippen molar-refractivity contribution in [2.45, 2.75) is 41.5 Å². The average Bonchev–Trinajstić information content (AvgIpc) is 1.56. The Kier molecular flexibility index (Phi) is 14.6. The molecule has 109 heavy (non-hydrogen) atoms. The van der Waals surface area contributed by atoms with E-state index in [2.05, 4.69) is 381 Å². The Balaban J connectivity index is 0.719. The van der Waals surface area contributed by atoms with Gasteiger partial charge in [0.05, 0.1) is 66.6 Å². The van der Waals surface area contributed by atoms with Gasteiger partial charge in [-0.15, -0.1) is 0 Å². The summed E-state index contributed by atoms with van der Waals surface area (Å²) >= 11 is 0. The average molecular weight is 1400 g/mol. The molecule has 0 unspecified atom stereocenters. The van der Waals surface area contributed by atoms with Crippen LogP contribution in [-0.2, 0) is 0 Å². The molecule has 514 valence electrons. The Morgan fingerprint density at radius 1 is 0.229 bits per heavy atom. The van der Waals surface area contributed by atoms with Gasteiger partial charge in [0.25, 0.3) is 0 Å². The highest BCUT2D eigenvalue weighted by atomic mass is 15.2. The van der Waals surface area contributed by atoms with Gasteiger partial charge in [0.1, 0.15) is 0 Å². The van der Waals surface area contributed by atoms with E-state index in [1.54, 1.807) is 0 Å². The lowest BCUT2D eigenvalue weighted by molar-refractivity contribution is 1.01. The van der Waals surface area contributed by atoms with E-state index in [1.807, 2.05) is 0 Å². The lowest BCUT2D eigenvalue weighted by atomic mass is 9.34. The highest BCUT2D eigenvalue weighted by Gasteiger charge is 2.31. The van der Waals surface area contributed by atoms with Crippen LogP contribution in [0.3, 0.4) is 0 Å². The smallest absolute Gasteiger partial charge is 0.242 e. The minimum absolute atomic E-state index is 0.0587. The number of fused-ring (bicyclic) bond motifs is 16. The molecule has 0 saturated heterocycles. The molecule has 15 aromatic carbocycles. The molecule has 0 saturated carbocycles. The minimum Gasteiger partial charge on any atom is -0.309 e. The molecule has 0 bridgehead atoms. The summed E-state index contributed by atoms with van der Waals surface area (Å²) in [5.41, 5.74) is 32.9. The molecule has 0 fully saturated rings. The third-order valence-corrected chi connectivity index (χ3v) is 22.9. The standard InChI is InChI=1S/C100H71BN8/c1-60-53-62(3)95(63(4)54-60)101(96-64(5)55-61(2)56-65(96)6)72-58-70(66-41-45-73(46-42-66)106-83-37-21-15-31-77(83)91-87(106)49-51-89-93(91)79-33-17-23-39-85(79)108(89)99-102-81-35-19-13-29-75(81)97(104-99)68-25-9-7-10-26-68)57-71(59-72)67-43-47-74(48-44-67)107-84-38-22-16-32-78(84)92-88(107)50-52-90-94(92)80-34-18-24-40-86(80)109(90)100-103-82-36-20-14-30-76(82)98(105-100)69-27-11-8-12-28-69/h7-59H,1-6H3. The van der Waals surface area contributed by atoms with Crippen LogP contribution in [0.2, 0.25) is 0 Å². The van der Waals surface area contributed by atoms with Gasteiger partial charge in [0, 0.05) is 76.4 Å². The molecule has 0 amide bonds. The van der Waals surface area contributed by atoms with Crippen molar-refractivity contribution in [3.8, 4) is 68.0 Å². The minimum atomic E-state index is -0.0587.